The number of aromatic nitrogens is 1. The highest BCUT2D eigenvalue weighted by molar-refractivity contribution is 5.81. The number of nitrogens with zero attached hydrogens (tertiary/aromatic N) is 2. The van der Waals surface area contributed by atoms with E-state index in [1.807, 2.05) is 36.1 Å². The van der Waals surface area contributed by atoms with Crippen LogP contribution in [0.1, 0.15) is 67.6 Å². The lowest BCUT2D eigenvalue weighted by Crippen LogP contribution is -2.44. The highest BCUT2D eigenvalue weighted by Crippen LogP contribution is 2.35. The van der Waals surface area contributed by atoms with Crippen molar-refractivity contribution in [2.24, 2.45) is 11.8 Å². The van der Waals surface area contributed by atoms with Crippen molar-refractivity contribution < 1.29 is 15.0 Å². The lowest BCUT2D eigenvalue weighted by atomic mass is 9.79. The first-order chi connectivity index (χ1) is 19.9. The van der Waals surface area contributed by atoms with Crippen LogP contribution in [0.4, 0.5) is 0 Å². The van der Waals surface area contributed by atoms with Crippen molar-refractivity contribution >= 4 is 16.8 Å². The van der Waals surface area contributed by atoms with Crippen molar-refractivity contribution in [2.45, 2.75) is 70.4 Å². The van der Waals surface area contributed by atoms with Crippen molar-refractivity contribution in [3.8, 4) is 0 Å². The van der Waals surface area contributed by atoms with Crippen LogP contribution in [0.3, 0.4) is 0 Å². The van der Waals surface area contributed by atoms with E-state index in [1.54, 1.807) is 0 Å². The zero-order chi connectivity index (χ0) is 28.8. The van der Waals surface area contributed by atoms with Crippen molar-refractivity contribution in [3.05, 3.63) is 81.6 Å². The van der Waals surface area contributed by atoms with Crippen LogP contribution in [0, 0.1) is 18.8 Å². The van der Waals surface area contributed by atoms with Gasteiger partial charge in [0.2, 0.25) is 5.91 Å². The predicted molar refractivity (Wildman–Crippen MR) is 163 cm³/mol. The zero-order valence-electron chi connectivity index (χ0n) is 24.3. The van der Waals surface area contributed by atoms with Gasteiger partial charge in [-0.05, 0) is 80.8 Å². The van der Waals surface area contributed by atoms with Gasteiger partial charge in [-0.2, -0.15) is 0 Å². The van der Waals surface area contributed by atoms with Gasteiger partial charge < -0.3 is 25.0 Å². The summed E-state index contributed by atoms with van der Waals surface area (Å²) in [4.78, 5) is 34.6. The Bertz CT molecular complexity index is 1340. The Balaban J connectivity index is 1.43. The van der Waals surface area contributed by atoms with E-state index < -0.39 is 6.10 Å². The maximum absolute atomic E-state index is 14.1. The molecular weight excluding hydrogens is 514 g/mol. The van der Waals surface area contributed by atoms with Crippen LogP contribution in [-0.4, -0.2) is 69.8 Å². The third kappa shape index (κ3) is 7.45. The number of β-amino-alcohol motifs (C(OH)–C–C–N with tert-alkyl or cyclic N) is 1. The molecule has 3 N–H and O–H groups in total. The number of carbonyl (C=O) groups is 1. The van der Waals surface area contributed by atoms with Gasteiger partial charge in [0.25, 0.3) is 5.56 Å². The maximum atomic E-state index is 14.1. The molecule has 0 bridgehead atoms. The molecule has 7 nitrogen and oxygen atoms in total. The Hall–Kier alpha value is -3.00. The number of amides is 1. The van der Waals surface area contributed by atoms with Gasteiger partial charge in [-0.3, -0.25) is 9.59 Å². The molecule has 1 saturated heterocycles. The van der Waals surface area contributed by atoms with Crippen LogP contribution in [0.25, 0.3) is 10.9 Å². The fourth-order valence-electron chi connectivity index (χ4n) is 6.89. The first-order valence-electron chi connectivity index (χ1n) is 15.4. The summed E-state index contributed by atoms with van der Waals surface area (Å²) in [6.07, 6.45) is 6.39. The van der Waals surface area contributed by atoms with Gasteiger partial charge in [0.05, 0.1) is 19.3 Å². The normalized spacial score (nSPS) is 18.8. The van der Waals surface area contributed by atoms with Crippen LogP contribution < -0.4 is 5.56 Å². The largest absolute Gasteiger partial charge is 0.394 e. The Morgan fingerprint density at radius 1 is 1.02 bits per heavy atom. The lowest BCUT2D eigenvalue weighted by Gasteiger charge is -2.39. The molecular formula is C34H45N3O4. The number of aryl methyl sites for hydroxylation is 1. The summed E-state index contributed by atoms with van der Waals surface area (Å²) >= 11 is 0. The molecule has 1 amide bonds. The molecule has 1 aliphatic heterocycles. The molecule has 0 spiro atoms. The highest BCUT2D eigenvalue weighted by atomic mass is 16.3. The van der Waals surface area contributed by atoms with Crippen LogP contribution in [0.15, 0.2) is 59.4 Å². The molecule has 41 heavy (non-hydrogen) atoms. The fraction of sp³-hybridized carbons (Fsp3) is 0.529. The Labute approximate surface area is 243 Å². The number of hydrogen-bond donors (Lipinski definition) is 3. The van der Waals surface area contributed by atoms with E-state index in [1.165, 1.54) is 12.0 Å². The van der Waals surface area contributed by atoms with E-state index in [9.17, 15) is 19.8 Å². The summed E-state index contributed by atoms with van der Waals surface area (Å²) in [6.45, 7) is 4.89. The number of nitrogens with one attached hydrogen (secondary N) is 1. The second-order valence-corrected chi connectivity index (χ2v) is 12.3. The summed E-state index contributed by atoms with van der Waals surface area (Å²) in [7, 11) is 0. The molecule has 2 fully saturated rings. The molecule has 1 aliphatic carbocycles. The third-order valence-corrected chi connectivity index (χ3v) is 9.23. The standard InChI is InChI=1S/C34H45N3O4/c1-24-12-13-32-28(18-24)19-29(33(40)35-32)20-37(34(41)27-10-6-3-7-11-27)22-31(25-8-4-2-5-9-25)26-14-16-36(17-15-26)21-30(39)23-38/h2,4-5,8-9,12-13,18-19,26-27,30-31,38-39H,3,6-7,10-11,14-17,20-23H2,1H3,(H,35,40). The number of aliphatic hydroxyl groups excluding tert-OH is 2. The summed E-state index contributed by atoms with van der Waals surface area (Å²) in [6, 6.07) is 18.5. The number of H-pyrrole nitrogens is 1. The maximum Gasteiger partial charge on any atom is 0.253 e. The van der Waals surface area contributed by atoms with Gasteiger partial charge >= 0.3 is 0 Å². The summed E-state index contributed by atoms with van der Waals surface area (Å²) < 4.78 is 0. The first-order valence-corrected chi connectivity index (χ1v) is 15.4. The molecule has 220 valence electrons. The molecule has 1 saturated carbocycles. The minimum Gasteiger partial charge on any atom is -0.394 e. The van der Waals surface area contributed by atoms with Crippen molar-refractivity contribution in [1.82, 2.24) is 14.8 Å². The van der Waals surface area contributed by atoms with Crippen molar-refractivity contribution in [3.63, 3.8) is 0 Å². The highest BCUT2D eigenvalue weighted by Gasteiger charge is 2.33. The number of benzene rings is 2. The SMILES string of the molecule is Cc1ccc2[nH]c(=O)c(CN(CC(c3ccccc3)C3CCN(CC(O)CO)CC3)C(=O)C3CCCCC3)cc2c1. The van der Waals surface area contributed by atoms with Crippen LogP contribution in [0.2, 0.25) is 0 Å². The molecule has 2 unspecified atom stereocenters. The average Bonchev–Trinajstić information content (AvgIpc) is 3.00. The molecule has 2 atom stereocenters. The number of likely N-dealkylation sites (tertiary alicyclic amines) is 1. The van der Waals surface area contributed by atoms with E-state index >= 15 is 0 Å². The minimum absolute atomic E-state index is 0.0174. The number of carbonyl (C=O) groups excluding carboxylic acids is 1. The first kappa shape index (κ1) is 29.5. The van der Waals surface area contributed by atoms with Crippen molar-refractivity contribution in [1.29, 1.82) is 0 Å². The van der Waals surface area contributed by atoms with E-state index in [0.717, 1.165) is 68.1 Å². The molecule has 3 aromatic rings. The molecule has 2 aromatic carbocycles. The number of aromatic amines is 1. The Morgan fingerprint density at radius 3 is 2.46 bits per heavy atom. The molecule has 2 aliphatic rings. The second kappa shape index (κ2) is 13.8. The molecule has 7 heteroatoms. The van der Waals surface area contributed by atoms with Crippen LogP contribution in [0.5, 0.6) is 0 Å². The number of piperidine rings is 1. The fourth-order valence-corrected chi connectivity index (χ4v) is 6.89. The minimum atomic E-state index is -0.719. The van der Waals surface area contributed by atoms with Gasteiger partial charge in [0.15, 0.2) is 0 Å². The summed E-state index contributed by atoms with van der Waals surface area (Å²) in [5.74, 6) is 0.719. The molecule has 1 aromatic heterocycles. The number of hydrogen-bond acceptors (Lipinski definition) is 5. The Kier molecular flexibility index (Phi) is 9.91. The van der Waals surface area contributed by atoms with E-state index in [-0.39, 0.29) is 29.9 Å². The van der Waals surface area contributed by atoms with E-state index in [4.69, 9.17) is 0 Å². The van der Waals surface area contributed by atoms with Gasteiger partial charge in [-0.25, -0.2) is 0 Å². The summed E-state index contributed by atoms with van der Waals surface area (Å²) in [5.41, 5.74) is 3.68. The smallest absolute Gasteiger partial charge is 0.253 e. The summed E-state index contributed by atoms with van der Waals surface area (Å²) in [5, 5.41) is 20.2. The quantitative estimate of drug-likeness (QED) is 0.338. The Morgan fingerprint density at radius 2 is 1.76 bits per heavy atom. The molecule has 5 rings (SSSR count). The number of rotatable bonds is 10. The van der Waals surface area contributed by atoms with Crippen molar-refractivity contribution in [2.75, 3.05) is 32.8 Å². The molecule has 0 radical (unpaired) electrons. The molecule has 2 heterocycles. The van der Waals surface area contributed by atoms with Crippen LogP contribution in [-0.2, 0) is 11.3 Å². The number of aliphatic hydroxyl groups is 2. The van der Waals surface area contributed by atoms with Crippen LogP contribution >= 0.6 is 0 Å². The monoisotopic (exact) mass is 559 g/mol. The second-order valence-electron chi connectivity index (χ2n) is 12.3. The predicted octanol–water partition coefficient (Wildman–Crippen LogP) is 4.59. The van der Waals surface area contributed by atoms with Gasteiger partial charge in [-0.1, -0.05) is 61.2 Å². The van der Waals surface area contributed by atoms with E-state index in [2.05, 4.69) is 40.2 Å². The number of pyridine rings is 1. The zero-order valence-corrected chi connectivity index (χ0v) is 24.3. The topological polar surface area (TPSA) is 96.9 Å². The number of fused-ring (bicyclic) bond motifs is 1. The lowest BCUT2D eigenvalue weighted by molar-refractivity contribution is -0.137. The van der Waals surface area contributed by atoms with Gasteiger partial charge in [0.1, 0.15) is 0 Å². The third-order valence-electron chi connectivity index (χ3n) is 9.23. The van der Waals surface area contributed by atoms with Gasteiger partial charge in [-0.15, -0.1) is 0 Å². The van der Waals surface area contributed by atoms with E-state index in [0.29, 0.717) is 31.1 Å². The van der Waals surface area contributed by atoms with Gasteiger partial charge in [0, 0.05) is 36.0 Å². The average molecular weight is 560 g/mol.